The molecule has 1 aliphatic heterocycles. The molecule has 0 bridgehead atoms. The van der Waals surface area contributed by atoms with Gasteiger partial charge in [0.25, 0.3) is 0 Å². The number of nitrogens with zero attached hydrogens (tertiary/aromatic N) is 4. The van der Waals surface area contributed by atoms with Crippen LogP contribution in [0.2, 0.25) is 0 Å². The van der Waals surface area contributed by atoms with E-state index < -0.39 is 10.9 Å². The first-order valence-corrected chi connectivity index (χ1v) is 8.63. The molecule has 9 nitrogen and oxygen atoms in total. The first-order chi connectivity index (χ1) is 13.0. The molecule has 1 atom stereocenters. The number of aryl methyl sites for hydroxylation is 1. The molecule has 1 unspecified atom stereocenters. The largest absolute Gasteiger partial charge is 0.465 e. The van der Waals surface area contributed by atoms with Crippen LogP contribution in [-0.2, 0) is 4.74 Å². The van der Waals surface area contributed by atoms with Crippen LogP contribution in [0.3, 0.4) is 0 Å². The first-order valence-electron chi connectivity index (χ1n) is 8.63. The van der Waals surface area contributed by atoms with E-state index in [1.165, 1.54) is 19.4 Å². The number of hydrogen-bond donors (Lipinski definition) is 1. The lowest BCUT2D eigenvalue weighted by atomic mass is 10.1. The van der Waals surface area contributed by atoms with Crippen molar-refractivity contribution in [2.24, 2.45) is 5.92 Å². The number of rotatable bonds is 6. The lowest BCUT2D eigenvalue weighted by Crippen LogP contribution is -2.24. The lowest BCUT2D eigenvalue weighted by molar-refractivity contribution is -0.384. The Hall–Kier alpha value is -3.23. The van der Waals surface area contributed by atoms with Gasteiger partial charge in [0, 0.05) is 37.6 Å². The molecule has 27 heavy (non-hydrogen) atoms. The van der Waals surface area contributed by atoms with Gasteiger partial charge in [-0.1, -0.05) is 6.07 Å². The van der Waals surface area contributed by atoms with Gasteiger partial charge in [-0.25, -0.2) is 14.8 Å². The van der Waals surface area contributed by atoms with Crippen LogP contribution >= 0.6 is 0 Å². The van der Waals surface area contributed by atoms with E-state index in [1.54, 1.807) is 0 Å². The molecule has 142 valence electrons. The zero-order chi connectivity index (χ0) is 19.4. The smallest absolute Gasteiger partial charge is 0.339 e. The molecule has 0 spiro atoms. The van der Waals surface area contributed by atoms with E-state index in [1.807, 2.05) is 30.0 Å². The highest BCUT2D eigenvalue weighted by atomic mass is 16.6. The standard InChI is InChI=1S/C18H21N5O4/c1-12-4-3-5-16(21-12)19-9-13-6-7-22(11-13)17-15(23(25)26)8-14(10-20-17)18(24)27-2/h3-5,8,10,13H,6-7,9,11H2,1-2H3,(H,19,21). The maximum atomic E-state index is 11.6. The molecule has 0 aromatic carbocycles. The van der Waals surface area contributed by atoms with Crippen LogP contribution < -0.4 is 10.2 Å². The van der Waals surface area contributed by atoms with Crippen LogP contribution in [0, 0.1) is 23.0 Å². The monoisotopic (exact) mass is 371 g/mol. The van der Waals surface area contributed by atoms with Crippen molar-refractivity contribution in [3.8, 4) is 0 Å². The fraction of sp³-hybridized carbons (Fsp3) is 0.389. The van der Waals surface area contributed by atoms with E-state index in [4.69, 9.17) is 0 Å². The minimum Gasteiger partial charge on any atom is -0.465 e. The molecule has 2 aromatic heterocycles. The summed E-state index contributed by atoms with van der Waals surface area (Å²) in [5.74, 6) is 0.768. The van der Waals surface area contributed by atoms with Crippen molar-refractivity contribution in [3.63, 3.8) is 0 Å². The molecule has 0 amide bonds. The second-order valence-corrected chi connectivity index (χ2v) is 6.46. The molecule has 1 aliphatic rings. The Morgan fingerprint density at radius 1 is 1.48 bits per heavy atom. The van der Waals surface area contributed by atoms with Crippen LogP contribution in [0.25, 0.3) is 0 Å². The number of carbonyl (C=O) groups excluding carboxylic acids is 1. The fourth-order valence-corrected chi connectivity index (χ4v) is 3.14. The van der Waals surface area contributed by atoms with Gasteiger partial charge in [-0.2, -0.15) is 0 Å². The molecule has 3 heterocycles. The first kappa shape index (κ1) is 18.6. The Balaban J connectivity index is 1.69. The Morgan fingerprint density at radius 3 is 3.00 bits per heavy atom. The van der Waals surface area contributed by atoms with E-state index in [2.05, 4.69) is 20.0 Å². The molecule has 2 aromatic rings. The third kappa shape index (κ3) is 4.30. The molecule has 0 radical (unpaired) electrons. The molecule has 1 N–H and O–H groups in total. The summed E-state index contributed by atoms with van der Waals surface area (Å²) < 4.78 is 4.61. The van der Waals surface area contributed by atoms with Gasteiger partial charge in [0.1, 0.15) is 5.82 Å². The second kappa shape index (κ2) is 7.98. The van der Waals surface area contributed by atoms with Crippen LogP contribution in [0.1, 0.15) is 22.5 Å². The van der Waals surface area contributed by atoms with Gasteiger partial charge in [0.05, 0.1) is 17.6 Å². The van der Waals surface area contributed by atoms with Gasteiger partial charge >= 0.3 is 11.7 Å². The third-order valence-corrected chi connectivity index (χ3v) is 4.51. The summed E-state index contributed by atoms with van der Waals surface area (Å²) in [6.07, 6.45) is 2.20. The SMILES string of the molecule is COC(=O)c1cnc(N2CCC(CNc3cccc(C)n3)C2)c([N+](=O)[O-])c1. The van der Waals surface area contributed by atoms with Gasteiger partial charge in [-0.3, -0.25) is 10.1 Å². The maximum Gasteiger partial charge on any atom is 0.339 e. The zero-order valence-electron chi connectivity index (χ0n) is 15.2. The maximum absolute atomic E-state index is 11.6. The van der Waals surface area contributed by atoms with Crippen LogP contribution in [-0.4, -0.2) is 47.6 Å². The van der Waals surface area contributed by atoms with E-state index >= 15 is 0 Å². The lowest BCUT2D eigenvalue weighted by Gasteiger charge is -2.18. The molecule has 1 fully saturated rings. The predicted octanol–water partition coefficient (Wildman–Crippen LogP) is 2.42. The average Bonchev–Trinajstić information content (AvgIpc) is 3.14. The summed E-state index contributed by atoms with van der Waals surface area (Å²) in [5, 5.41) is 14.7. The van der Waals surface area contributed by atoms with E-state index in [-0.39, 0.29) is 17.1 Å². The summed E-state index contributed by atoms with van der Waals surface area (Å²) in [4.78, 5) is 33.0. The van der Waals surface area contributed by atoms with Crippen LogP contribution in [0.15, 0.2) is 30.5 Å². The minimum atomic E-state index is -0.647. The van der Waals surface area contributed by atoms with E-state index in [9.17, 15) is 14.9 Å². The highest BCUT2D eigenvalue weighted by Gasteiger charge is 2.29. The highest BCUT2D eigenvalue weighted by molar-refractivity contribution is 5.90. The second-order valence-electron chi connectivity index (χ2n) is 6.46. The quantitative estimate of drug-likeness (QED) is 0.468. The Kier molecular flexibility index (Phi) is 5.49. The van der Waals surface area contributed by atoms with Gasteiger partial charge in [-0.15, -0.1) is 0 Å². The van der Waals surface area contributed by atoms with E-state index in [0.29, 0.717) is 19.0 Å². The summed E-state index contributed by atoms with van der Waals surface area (Å²) in [5.41, 5.74) is 0.821. The Labute approximate surface area is 156 Å². The van der Waals surface area contributed by atoms with Crippen molar-refractivity contribution in [1.82, 2.24) is 9.97 Å². The van der Waals surface area contributed by atoms with Crippen molar-refractivity contribution < 1.29 is 14.5 Å². The van der Waals surface area contributed by atoms with Crippen molar-refractivity contribution >= 4 is 23.3 Å². The van der Waals surface area contributed by atoms with Gasteiger partial charge in [0.15, 0.2) is 0 Å². The van der Waals surface area contributed by atoms with Crippen molar-refractivity contribution in [2.45, 2.75) is 13.3 Å². The topological polar surface area (TPSA) is 110 Å². The predicted molar refractivity (Wildman–Crippen MR) is 100 cm³/mol. The summed E-state index contributed by atoms with van der Waals surface area (Å²) >= 11 is 0. The number of esters is 1. The zero-order valence-corrected chi connectivity index (χ0v) is 15.2. The number of ether oxygens (including phenoxy) is 1. The average molecular weight is 371 g/mol. The van der Waals surface area contributed by atoms with Crippen molar-refractivity contribution in [1.29, 1.82) is 0 Å². The van der Waals surface area contributed by atoms with E-state index in [0.717, 1.165) is 24.5 Å². The van der Waals surface area contributed by atoms with Crippen LogP contribution in [0.5, 0.6) is 0 Å². The molecule has 9 heteroatoms. The summed E-state index contributed by atoms with van der Waals surface area (Å²) in [7, 11) is 1.23. The molecule has 3 rings (SSSR count). The summed E-state index contributed by atoms with van der Waals surface area (Å²) in [6.45, 7) is 3.97. The van der Waals surface area contributed by atoms with Crippen molar-refractivity contribution in [2.75, 3.05) is 37.0 Å². The third-order valence-electron chi connectivity index (χ3n) is 4.51. The fourth-order valence-electron chi connectivity index (χ4n) is 3.14. The number of carbonyl (C=O) groups is 1. The number of methoxy groups -OCH3 is 1. The molecule has 0 aliphatic carbocycles. The summed E-state index contributed by atoms with van der Waals surface area (Å²) in [6, 6.07) is 7.01. The van der Waals surface area contributed by atoms with Gasteiger partial charge in [-0.05, 0) is 31.4 Å². The molecule has 1 saturated heterocycles. The van der Waals surface area contributed by atoms with Gasteiger partial charge < -0.3 is 15.0 Å². The number of aromatic nitrogens is 2. The number of nitrogens with one attached hydrogen (secondary N) is 1. The molecule has 0 saturated carbocycles. The normalized spacial score (nSPS) is 16.2. The van der Waals surface area contributed by atoms with Crippen LogP contribution in [0.4, 0.5) is 17.3 Å². The Bertz CT molecular complexity index is 857. The number of nitro groups is 1. The minimum absolute atomic E-state index is 0.0656. The number of hydrogen-bond acceptors (Lipinski definition) is 8. The highest BCUT2D eigenvalue weighted by Crippen LogP contribution is 2.31. The number of pyridine rings is 2. The van der Waals surface area contributed by atoms with Crippen molar-refractivity contribution in [3.05, 3.63) is 51.8 Å². The molecular formula is C18H21N5O4. The van der Waals surface area contributed by atoms with Gasteiger partial charge in [0.2, 0.25) is 5.82 Å². The Morgan fingerprint density at radius 2 is 2.30 bits per heavy atom. The molecular weight excluding hydrogens is 350 g/mol. The number of anilines is 2.